The van der Waals surface area contributed by atoms with Gasteiger partial charge in [0, 0.05) is 25.0 Å². The molecule has 92 valence electrons. The molecule has 0 amide bonds. The second kappa shape index (κ2) is 4.56. The first-order chi connectivity index (χ1) is 8.11. The van der Waals surface area contributed by atoms with Gasteiger partial charge < -0.3 is 26.1 Å². The minimum Gasteiger partial charge on any atom is -0.409 e. The Morgan fingerprint density at radius 3 is 2.65 bits per heavy atom. The Labute approximate surface area is 97.8 Å². The molecule has 1 aromatic rings. The van der Waals surface area contributed by atoms with Crippen molar-refractivity contribution < 1.29 is 15.4 Å². The predicted octanol–water partition coefficient (Wildman–Crippen LogP) is -1.28. The summed E-state index contributed by atoms with van der Waals surface area (Å²) >= 11 is 0. The van der Waals surface area contributed by atoms with Gasteiger partial charge >= 0.3 is 0 Å². The van der Waals surface area contributed by atoms with Crippen LogP contribution in [-0.4, -0.2) is 51.5 Å². The highest BCUT2D eigenvalue weighted by molar-refractivity contribution is 5.95. The second-order valence-electron chi connectivity index (χ2n) is 3.92. The van der Waals surface area contributed by atoms with Crippen molar-refractivity contribution in [2.24, 2.45) is 10.9 Å². The molecule has 1 aliphatic heterocycles. The van der Waals surface area contributed by atoms with Crippen LogP contribution in [0.15, 0.2) is 23.5 Å². The summed E-state index contributed by atoms with van der Waals surface area (Å²) in [5, 5.41) is 30.3. The van der Waals surface area contributed by atoms with Crippen LogP contribution in [0.5, 0.6) is 0 Å². The van der Waals surface area contributed by atoms with Crippen molar-refractivity contribution in [1.29, 1.82) is 0 Å². The smallest absolute Gasteiger partial charge is 0.188 e. The number of oxime groups is 1. The molecule has 1 aliphatic rings. The molecule has 2 rings (SSSR count). The van der Waals surface area contributed by atoms with Crippen LogP contribution in [0.4, 0.5) is 5.69 Å². The molecule has 0 aromatic carbocycles. The molecule has 0 spiro atoms. The standard InChI is InChI=1S/C10H14N4O3/c11-10(13-17)7-3-6(1-2-12-7)14-4-8(15)9(16)5-14/h1-3,8-9,15-17H,4-5H2,(H2,11,13). The third-order valence-corrected chi connectivity index (χ3v) is 2.74. The van der Waals surface area contributed by atoms with Gasteiger partial charge in [0.25, 0.3) is 0 Å². The molecule has 0 bridgehead atoms. The van der Waals surface area contributed by atoms with Gasteiger partial charge in [-0.15, -0.1) is 0 Å². The van der Waals surface area contributed by atoms with Gasteiger partial charge in [-0.05, 0) is 12.1 Å². The molecule has 7 heteroatoms. The lowest BCUT2D eigenvalue weighted by atomic mass is 10.3. The van der Waals surface area contributed by atoms with Crippen LogP contribution in [0.2, 0.25) is 0 Å². The lowest BCUT2D eigenvalue weighted by Gasteiger charge is -2.17. The molecule has 2 unspecified atom stereocenters. The first-order valence-corrected chi connectivity index (χ1v) is 5.17. The van der Waals surface area contributed by atoms with E-state index in [1.807, 2.05) is 4.90 Å². The molecule has 0 saturated carbocycles. The molecule has 1 saturated heterocycles. The number of hydrogen-bond donors (Lipinski definition) is 4. The Balaban J connectivity index is 2.23. The molecular formula is C10H14N4O3. The number of nitrogens with zero attached hydrogens (tertiary/aromatic N) is 3. The number of pyridine rings is 1. The van der Waals surface area contributed by atoms with E-state index in [1.54, 1.807) is 12.1 Å². The van der Waals surface area contributed by atoms with E-state index in [0.29, 0.717) is 18.8 Å². The Morgan fingerprint density at radius 1 is 1.41 bits per heavy atom. The number of aliphatic hydroxyl groups excluding tert-OH is 2. The molecule has 0 aliphatic carbocycles. The number of aliphatic hydroxyl groups is 2. The molecule has 2 heterocycles. The minimum absolute atomic E-state index is 0.0767. The number of β-amino-alcohol motifs (C(OH)–C–C–N with tert-alkyl or cyclic N) is 2. The average molecular weight is 238 g/mol. The maximum Gasteiger partial charge on any atom is 0.188 e. The summed E-state index contributed by atoms with van der Waals surface area (Å²) in [6, 6.07) is 3.37. The SMILES string of the molecule is N/C(=N/O)c1cc(N2CC(O)C(O)C2)ccn1. The number of rotatable bonds is 2. The highest BCUT2D eigenvalue weighted by atomic mass is 16.4. The summed E-state index contributed by atoms with van der Waals surface area (Å²) < 4.78 is 0. The van der Waals surface area contributed by atoms with Gasteiger partial charge in [-0.1, -0.05) is 5.16 Å². The third-order valence-electron chi connectivity index (χ3n) is 2.74. The molecule has 17 heavy (non-hydrogen) atoms. The van der Waals surface area contributed by atoms with E-state index in [0.717, 1.165) is 5.69 Å². The Hall–Kier alpha value is -1.86. The maximum absolute atomic E-state index is 9.46. The lowest BCUT2D eigenvalue weighted by Crippen LogP contribution is -2.22. The zero-order chi connectivity index (χ0) is 12.4. The van der Waals surface area contributed by atoms with Crippen LogP contribution < -0.4 is 10.6 Å². The van der Waals surface area contributed by atoms with E-state index in [2.05, 4.69) is 10.1 Å². The van der Waals surface area contributed by atoms with Crippen LogP contribution in [0.25, 0.3) is 0 Å². The summed E-state index contributed by atoms with van der Waals surface area (Å²) in [6.07, 6.45) is 0.0192. The largest absolute Gasteiger partial charge is 0.409 e. The van der Waals surface area contributed by atoms with Crippen molar-refractivity contribution in [3.63, 3.8) is 0 Å². The van der Waals surface area contributed by atoms with E-state index in [1.165, 1.54) is 6.20 Å². The van der Waals surface area contributed by atoms with Gasteiger partial charge in [0.15, 0.2) is 5.84 Å². The monoisotopic (exact) mass is 238 g/mol. The van der Waals surface area contributed by atoms with Gasteiger partial charge in [-0.2, -0.15) is 0 Å². The quantitative estimate of drug-likeness (QED) is 0.221. The van der Waals surface area contributed by atoms with Crippen LogP contribution in [-0.2, 0) is 0 Å². The van der Waals surface area contributed by atoms with Crippen LogP contribution in [0.3, 0.4) is 0 Å². The van der Waals surface area contributed by atoms with Gasteiger partial charge in [-0.25, -0.2) is 0 Å². The summed E-state index contributed by atoms with van der Waals surface area (Å²) in [5.74, 6) is -0.0767. The molecule has 1 fully saturated rings. The zero-order valence-electron chi connectivity index (χ0n) is 9.06. The molecular weight excluding hydrogens is 224 g/mol. The Morgan fingerprint density at radius 2 is 2.06 bits per heavy atom. The first kappa shape index (κ1) is 11.6. The summed E-state index contributed by atoms with van der Waals surface area (Å²) in [7, 11) is 0. The fourth-order valence-corrected chi connectivity index (χ4v) is 1.79. The fourth-order valence-electron chi connectivity index (χ4n) is 1.79. The van der Waals surface area contributed by atoms with Crippen molar-refractivity contribution in [3.05, 3.63) is 24.0 Å². The van der Waals surface area contributed by atoms with Crippen molar-refractivity contribution >= 4 is 11.5 Å². The number of aromatic nitrogens is 1. The average Bonchev–Trinajstić information content (AvgIpc) is 2.69. The van der Waals surface area contributed by atoms with Gasteiger partial charge in [0.2, 0.25) is 0 Å². The molecule has 2 atom stereocenters. The van der Waals surface area contributed by atoms with Gasteiger partial charge in [-0.3, -0.25) is 4.98 Å². The number of nitrogens with two attached hydrogens (primary N) is 1. The molecule has 5 N–H and O–H groups in total. The summed E-state index contributed by atoms with van der Waals surface area (Å²) in [5.41, 5.74) is 6.55. The number of anilines is 1. The van der Waals surface area contributed by atoms with Crippen molar-refractivity contribution in [3.8, 4) is 0 Å². The summed E-state index contributed by atoms with van der Waals surface area (Å²) in [6.45, 7) is 0.696. The van der Waals surface area contributed by atoms with E-state index >= 15 is 0 Å². The van der Waals surface area contributed by atoms with Crippen LogP contribution >= 0.6 is 0 Å². The van der Waals surface area contributed by atoms with Crippen LogP contribution in [0.1, 0.15) is 5.69 Å². The normalized spacial score (nSPS) is 25.3. The lowest BCUT2D eigenvalue weighted by molar-refractivity contribution is 0.0572. The molecule has 1 aromatic heterocycles. The van der Waals surface area contributed by atoms with Crippen molar-refractivity contribution in [1.82, 2.24) is 4.98 Å². The predicted molar refractivity (Wildman–Crippen MR) is 61.0 cm³/mol. The number of hydrogen-bond acceptors (Lipinski definition) is 6. The van der Waals surface area contributed by atoms with Crippen molar-refractivity contribution in [2.75, 3.05) is 18.0 Å². The molecule has 7 nitrogen and oxygen atoms in total. The van der Waals surface area contributed by atoms with E-state index in [4.69, 9.17) is 10.9 Å². The topological polar surface area (TPSA) is 115 Å². The third kappa shape index (κ3) is 2.29. The Kier molecular flexibility index (Phi) is 3.12. The van der Waals surface area contributed by atoms with E-state index in [-0.39, 0.29) is 5.84 Å². The Bertz CT molecular complexity index is 427. The van der Waals surface area contributed by atoms with Crippen LogP contribution in [0, 0.1) is 0 Å². The number of amidine groups is 1. The van der Waals surface area contributed by atoms with E-state index in [9.17, 15) is 10.2 Å². The molecule has 0 radical (unpaired) electrons. The summed E-state index contributed by atoms with van der Waals surface area (Å²) in [4.78, 5) is 5.76. The zero-order valence-corrected chi connectivity index (χ0v) is 9.06. The highest BCUT2D eigenvalue weighted by Gasteiger charge is 2.29. The van der Waals surface area contributed by atoms with Gasteiger partial charge in [0.05, 0.1) is 12.2 Å². The van der Waals surface area contributed by atoms with Crippen molar-refractivity contribution in [2.45, 2.75) is 12.2 Å². The second-order valence-corrected chi connectivity index (χ2v) is 3.92. The maximum atomic E-state index is 9.46. The van der Waals surface area contributed by atoms with E-state index < -0.39 is 12.2 Å². The van der Waals surface area contributed by atoms with Gasteiger partial charge in [0.1, 0.15) is 5.69 Å². The highest BCUT2D eigenvalue weighted by Crippen LogP contribution is 2.20. The first-order valence-electron chi connectivity index (χ1n) is 5.17. The minimum atomic E-state index is -0.754. The fraction of sp³-hybridized carbons (Fsp3) is 0.400.